The molecule has 2 amide bonds. The van der Waals surface area contributed by atoms with Crippen LogP contribution in [0, 0.1) is 0 Å². The molecule has 0 bridgehead atoms. The second-order valence-corrected chi connectivity index (χ2v) is 6.87. The number of carbonyl (C=O) groups excluding carboxylic acids is 2. The smallest absolute Gasteiger partial charge is 0.267 e. The zero-order valence-corrected chi connectivity index (χ0v) is 15.6. The maximum atomic E-state index is 12.8. The van der Waals surface area contributed by atoms with Gasteiger partial charge in [0.1, 0.15) is 5.75 Å². The van der Waals surface area contributed by atoms with E-state index in [1.165, 1.54) is 16.7 Å². The van der Waals surface area contributed by atoms with Crippen molar-refractivity contribution in [1.29, 1.82) is 0 Å². The van der Waals surface area contributed by atoms with Crippen LogP contribution in [0.3, 0.4) is 0 Å². The normalized spacial score (nSPS) is 14.6. The minimum atomic E-state index is -0.252. The Kier molecular flexibility index (Phi) is 7.52. The third-order valence-electron chi connectivity index (χ3n) is 3.81. The molecule has 0 unspecified atom stereocenters. The lowest BCUT2D eigenvalue weighted by molar-refractivity contribution is -0.136. The molecule has 5 nitrogen and oxygen atoms in total. The summed E-state index contributed by atoms with van der Waals surface area (Å²) in [4.78, 5) is 27.2. The summed E-state index contributed by atoms with van der Waals surface area (Å²) in [6.45, 7) is 5.09. The van der Waals surface area contributed by atoms with E-state index in [0.717, 1.165) is 25.0 Å². The second-order valence-electron chi connectivity index (χ2n) is 5.76. The molecule has 2 rings (SSSR count). The summed E-state index contributed by atoms with van der Waals surface area (Å²) in [5.41, 5.74) is 1.14. The van der Waals surface area contributed by atoms with Crippen molar-refractivity contribution in [3.05, 3.63) is 34.7 Å². The number of nitrogens with zero attached hydrogens (tertiary/aromatic N) is 1. The van der Waals surface area contributed by atoms with Gasteiger partial charge in [0.25, 0.3) is 11.8 Å². The summed E-state index contributed by atoms with van der Waals surface area (Å²) < 4.78 is 5.57. The molecule has 6 heteroatoms. The largest absolute Gasteiger partial charge is 0.494 e. The van der Waals surface area contributed by atoms with Gasteiger partial charge >= 0.3 is 0 Å². The maximum absolute atomic E-state index is 12.8. The number of amides is 2. The van der Waals surface area contributed by atoms with Crippen LogP contribution in [0.5, 0.6) is 5.75 Å². The Morgan fingerprint density at radius 2 is 1.80 bits per heavy atom. The highest BCUT2D eigenvalue weighted by molar-refractivity contribution is 8.04. The van der Waals surface area contributed by atoms with Gasteiger partial charge in [-0.1, -0.05) is 32.4 Å². The first kappa shape index (κ1) is 19.5. The topological polar surface area (TPSA) is 66.8 Å². The second kappa shape index (κ2) is 9.63. The molecular weight excluding hydrogens is 338 g/mol. The minimum Gasteiger partial charge on any atom is -0.494 e. The predicted molar refractivity (Wildman–Crippen MR) is 100 cm³/mol. The number of aliphatic hydroxyl groups excluding tert-OH is 1. The molecule has 1 heterocycles. The molecule has 25 heavy (non-hydrogen) atoms. The number of thioether (sulfide) groups is 1. The van der Waals surface area contributed by atoms with Gasteiger partial charge in [-0.15, -0.1) is 11.8 Å². The van der Waals surface area contributed by atoms with Gasteiger partial charge in [-0.05, 0) is 30.5 Å². The van der Waals surface area contributed by atoms with E-state index in [2.05, 4.69) is 0 Å². The monoisotopic (exact) mass is 363 g/mol. The highest BCUT2D eigenvalue weighted by atomic mass is 32.2. The molecule has 1 aliphatic rings. The number of imide groups is 1. The van der Waals surface area contributed by atoms with Crippen LogP contribution < -0.4 is 4.74 Å². The standard InChI is InChI=1S/C19H25NO4S/c1-3-5-10-20-18(22)16(17(19(20)23)25-13-11-21)14-6-8-15(9-7-14)24-12-4-2/h6-9,21H,3-5,10-13H2,1-2H3. The van der Waals surface area contributed by atoms with Crippen LogP contribution in [0.2, 0.25) is 0 Å². The predicted octanol–water partition coefficient (Wildman–Crippen LogP) is 3.08. The van der Waals surface area contributed by atoms with Crippen molar-refractivity contribution in [2.45, 2.75) is 33.1 Å². The van der Waals surface area contributed by atoms with E-state index in [4.69, 9.17) is 9.84 Å². The average molecular weight is 363 g/mol. The number of ether oxygens (including phenoxy) is 1. The third-order valence-corrected chi connectivity index (χ3v) is 4.87. The van der Waals surface area contributed by atoms with Crippen molar-refractivity contribution >= 4 is 29.1 Å². The van der Waals surface area contributed by atoms with Crippen molar-refractivity contribution in [2.75, 3.05) is 25.5 Å². The van der Waals surface area contributed by atoms with Gasteiger partial charge in [0.05, 0.1) is 23.7 Å². The zero-order valence-electron chi connectivity index (χ0n) is 14.8. The Bertz CT molecular complexity index is 639. The molecule has 0 atom stereocenters. The lowest BCUT2D eigenvalue weighted by atomic mass is 10.1. The summed E-state index contributed by atoms with van der Waals surface area (Å²) in [5.74, 6) is 0.631. The number of unbranched alkanes of at least 4 members (excludes halogenated alkanes) is 1. The first-order valence-electron chi connectivity index (χ1n) is 8.71. The van der Waals surface area contributed by atoms with E-state index >= 15 is 0 Å². The molecular formula is C19H25NO4S. The Morgan fingerprint density at radius 1 is 1.08 bits per heavy atom. The molecule has 0 radical (unpaired) electrons. The van der Waals surface area contributed by atoms with Gasteiger partial charge in [-0.2, -0.15) is 0 Å². The van der Waals surface area contributed by atoms with Crippen LogP contribution in [-0.4, -0.2) is 47.3 Å². The van der Waals surface area contributed by atoms with E-state index in [-0.39, 0.29) is 18.4 Å². The van der Waals surface area contributed by atoms with Crippen molar-refractivity contribution in [3.8, 4) is 5.75 Å². The van der Waals surface area contributed by atoms with Gasteiger partial charge in [0, 0.05) is 12.3 Å². The molecule has 1 N–H and O–H groups in total. The van der Waals surface area contributed by atoms with Gasteiger partial charge in [-0.25, -0.2) is 0 Å². The van der Waals surface area contributed by atoms with Gasteiger partial charge < -0.3 is 9.84 Å². The summed E-state index contributed by atoms with van der Waals surface area (Å²) in [7, 11) is 0. The molecule has 0 spiro atoms. The number of carbonyl (C=O) groups is 2. The number of aliphatic hydroxyl groups is 1. The van der Waals surface area contributed by atoms with Gasteiger partial charge in [-0.3, -0.25) is 14.5 Å². The van der Waals surface area contributed by atoms with Crippen LogP contribution in [0.15, 0.2) is 29.2 Å². The Labute approximate surface area is 153 Å². The van der Waals surface area contributed by atoms with Crippen molar-refractivity contribution in [3.63, 3.8) is 0 Å². The molecule has 0 fully saturated rings. The van der Waals surface area contributed by atoms with Crippen molar-refractivity contribution in [1.82, 2.24) is 4.90 Å². The van der Waals surface area contributed by atoms with Crippen molar-refractivity contribution in [2.24, 2.45) is 0 Å². The molecule has 0 aliphatic carbocycles. The number of hydrogen-bond donors (Lipinski definition) is 1. The van der Waals surface area contributed by atoms with Crippen LogP contribution >= 0.6 is 11.8 Å². The summed E-state index contributed by atoms with van der Waals surface area (Å²) >= 11 is 1.24. The highest BCUT2D eigenvalue weighted by Gasteiger charge is 2.38. The summed E-state index contributed by atoms with van der Waals surface area (Å²) in [6, 6.07) is 7.26. The molecule has 136 valence electrons. The average Bonchev–Trinajstić information content (AvgIpc) is 2.86. The highest BCUT2D eigenvalue weighted by Crippen LogP contribution is 2.36. The van der Waals surface area contributed by atoms with E-state index < -0.39 is 0 Å². The van der Waals surface area contributed by atoms with Gasteiger partial charge in [0.2, 0.25) is 0 Å². The quantitative estimate of drug-likeness (QED) is 0.647. The minimum absolute atomic E-state index is 0.0400. The van der Waals surface area contributed by atoms with E-state index in [1.807, 2.05) is 38.1 Å². The zero-order chi connectivity index (χ0) is 18.2. The molecule has 0 saturated heterocycles. The molecule has 1 aliphatic heterocycles. The maximum Gasteiger partial charge on any atom is 0.267 e. The SMILES string of the molecule is CCCCN1C(=O)C(SCCO)=C(c2ccc(OCCC)cc2)C1=O. The molecule has 1 aromatic carbocycles. The number of hydrogen-bond acceptors (Lipinski definition) is 5. The molecule has 0 aromatic heterocycles. The van der Waals surface area contributed by atoms with Gasteiger partial charge in [0.15, 0.2) is 0 Å². The van der Waals surface area contributed by atoms with Crippen LogP contribution in [-0.2, 0) is 9.59 Å². The Balaban J connectivity index is 2.30. The fourth-order valence-electron chi connectivity index (χ4n) is 2.55. The fraction of sp³-hybridized carbons (Fsp3) is 0.474. The molecule has 0 saturated carbocycles. The number of benzene rings is 1. The van der Waals surface area contributed by atoms with Crippen molar-refractivity contribution < 1.29 is 19.4 Å². The Morgan fingerprint density at radius 3 is 2.40 bits per heavy atom. The fourth-order valence-corrected chi connectivity index (χ4v) is 3.43. The molecule has 1 aromatic rings. The first-order chi connectivity index (χ1) is 12.1. The number of rotatable bonds is 10. The lowest BCUT2D eigenvalue weighted by Gasteiger charge is -2.14. The van der Waals surface area contributed by atoms with E-state index in [1.54, 1.807) is 0 Å². The van der Waals surface area contributed by atoms with E-state index in [0.29, 0.717) is 34.9 Å². The van der Waals surface area contributed by atoms with Crippen LogP contribution in [0.4, 0.5) is 0 Å². The Hall–Kier alpha value is -1.79. The summed E-state index contributed by atoms with van der Waals surface area (Å²) in [5, 5.41) is 9.09. The van der Waals surface area contributed by atoms with Crippen LogP contribution in [0.25, 0.3) is 5.57 Å². The first-order valence-corrected chi connectivity index (χ1v) is 9.69. The van der Waals surface area contributed by atoms with E-state index in [9.17, 15) is 9.59 Å². The lowest BCUT2D eigenvalue weighted by Crippen LogP contribution is -2.32. The summed E-state index contributed by atoms with van der Waals surface area (Å²) in [6.07, 6.45) is 2.62. The van der Waals surface area contributed by atoms with Crippen LogP contribution in [0.1, 0.15) is 38.7 Å². The third kappa shape index (κ3) is 4.64.